The molecule has 11 heteroatoms. The van der Waals surface area contributed by atoms with Crippen molar-refractivity contribution >= 4 is 49.8 Å². The Morgan fingerprint density at radius 3 is 2.63 bits per heavy atom. The number of anilines is 2. The molecule has 1 amide bonds. The molecule has 1 aliphatic rings. The normalized spacial score (nSPS) is 15.9. The van der Waals surface area contributed by atoms with E-state index in [2.05, 4.69) is 43.2 Å². The van der Waals surface area contributed by atoms with Crippen molar-refractivity contribution in [1.82, 2.24) is 10.2 Å². The second-order valence-corrected chi connectivity index (χ2v) is 13.3. The minimum atomic E-state index is -3.94. The highest BCUT2D eigenvalue weighted by atomic mass is 32.2. The molecule has 0 saturated carbocycles. The van der Waals surface area contributed by atoms with E-state index in [0.717, 1.165) is 22.1 Å². The Labute approximate surface area is 214 Å². The minimum Gasteiger partial charge on any atom is -0.476 e. The molecule has 4 rings (SSSR count). The zero-order valence-electron chi connectivity index (χ0n) is 20.0. The molecular weight excluding hydrogens is 504 g/mol. The lowest BCUT2D eigenvalue weighted by molar-refractivity contribution is -0.122. The quantitative estimate of drug-likeness (QED) is 0.340. The van der Waals surface area contributed by atoms with Gasteiger partial charge in [0.25, 0.3) is 15.9 Å². The molecule has 0 spiro atoms. The summed E-state index contributed by atoms with van der Waals surface area (Å²) in [5.41, 5.74) is 1.18. The molecule has 1 aromatic heterocycles. The van der Waals surface area contributed by atoms with Gasteiger partial charge in [-0.2, -0.15) is 0 Å². The van der Waals surface area contributed by atoms with E-state index in [0.29, 0.717) is 16.6 Å². The van der Waals surface area contributed by atoms with Gasteiger partial charge in [0.05, 0.1) is 17.1 Å². The summed E-state index contributed by atoms with van der Waals surface area (Å²) >= 11 is 2.85. The van der Waals surface area contributed by atoms with Crippen LogP contribution in [0.15, 0.2) is 57.8 Å². The highest BCUT2D eigenvalue weighted by Crippen LogP contribution is 2.40. The van der Waals surface area contributed by atoms with Gasteiger partial charge in [0.2, 0.25) is 5.13 Å². The van der Waals surface area contributed by atoms with E-state index in [9.17, 15) is 13.2 Å². The van der Waals surface area contributed by atoms with E-state index < -0.39 is 22.0 Å². The zero-order valence-corrected chi connectivity index (χ0v) is 22.5. The standard InChI is InChI=1S/C24H28N4O4S3/c1-5-13-33-23-27-26-22(34-23)25-21(29)20-15-28(35(30,31)17-9-7-6-8-10-17)18-14-16(24(2,3)4)11-12-19(18)32-20/h6-12,14,20H,5,13,15H2,1-4H3,(H,25,26,29). The van der Waals surface area contributed by atoms with Crippen LogP contribution in [0, 0.1) is 0 Å². The maximum atomic E-state index is 13.7. The maximum absolute atomic E-state index is 13.7. The van der Waals surface area contributed by atoms with Gasteiger partial charge in [-0.1, -0.05) is 75.1 Å². The molecule has 1 N–H and O–H groups in total. The predicted molar refractivity (Wildman–Crippen MR) is 140 cm³/mol. The van der Waals surface area contributed by atoms with Gasteiger partial charge in [0, 0.05) is 5.75 Å². The molecule has 0 saturated heterocycles. The van der Waals surface area contributed by atoms with Crippen LogP contribution in [-0.4, -0.2) is 42.9 Å². The summed E-state index contributed by atoms with van der Waals surface area (Å²) < 4.78 is 35.3. The van der Waals surface area contributed by atoms with Crippen LogP contribution < -0.4 is 14.4 Å². The van der Waals surface area contributed by atoms with E-state index in [4.69, 9.17) is 4.74 Å². The van der Waals surface area contributed by atoms with Crippen molar-refractivity contribution in [1.29, 1.82) is 0 Å². The SMILES string of the molecule is CCCSc1nnc(NC(=O)C2CN(S(=O)(=O)c3ccccc3)c3cc(C(C)(C)C)ccc3O2)s1. The molecule has 186 valence electrons. The molecule has 35 heavy (non-hydrogen) atoms. The van der Waals surface area contributed by atoms with Crippen LogP contribution in [0.4, 0.5) is 10.8 Å². The number of rotatable bonds is 7. The average molecular weight is 533 g/mol. The molecule has 2 heterocycles. The number of carbonyl (C=O) groups is 1. The number of ether oxygens (including phenoxy) is 1. The van der Waals surface area contributed by atoms with Gasteiger partial charge in [-0.15, -0.1) is 10.2 Å². The first-order valence-corrected chi connectivity index (χ1v) is 14.5. The monoisotopic (exact) mass is 532 g/mol. The van der Waals surface area contributed by atoms with Crippen LogP contribution in [0.5, 0.6) is 5.75 Å². The Bertz CT molecular complexity index is 1300. The average Bonchev–Trinajstić information content (AvgIpc) is 3.28. The smallest absolute Gasteiger partial charge is 0.269 e. The molecule has 3 aromatic rings. The third-order valence-electron chi connectivity index (χ3n) is 5.38. The molecule has 2 aromatic carbocycles. The predicted octanol–water partition coefficient (Wildman–Crippen LogP) is 4.93. The van der Waals surface area contributed by atoms with Crippen molar-refractivity contribution in [2.45, 2.75) is 54.9 Å². The van der Waals surface area contributed by atoms with Crippen molar-refractivity contribution < 1.29 is 17.9 Å². The number of benzene rings is 2. The minimum absolute atomic E-state index is 0.148. The topological polar surface area (TPSA) is 101 Å². The van der Waals surface area contributed by atoms with Crippen LogP contribution in [-0.2, 0) is 20.2 Å². The van der Waals surface area contributed by atoms with Gasteiger partial charge < -0.3 is 4.74 Å². The van der Waals surface area contributed by atoms with E-state index in [1.54, 1.807) is 48.2 Å². The Hall–Kier alpha value is -2.63. The summed E-state index contributed by atoms with van der Waals surface area (Å²) in [4.78, 5) is 13.3. The number of hydrogen-bond donors (Lipinski definition) is 1. The Balaban J connectivity index is 1.66. The van der Waals surface area contributed by atoms with Gasteiger partial charge in [0.15, 0.2) is 10.4 Å². The van der Waals surface area contributed by atoms with Gasteiger partial charge in [0.1, 0.15) is 5.75 Å². The Morgan fingerprint density at radius 1 is 1.20 bits per heavy atom. The van der Waals surface area contributed by atoms with Crippen LogP contribution >= 0.6 is 23.1 Å². The van der Waals surface area contributed by atoms with Crippen molar-refractivity contribution in [2.24, 2.45) is 0 Å². The maximum Gasteiger partial charge on any atom is 0.269 e. The van der Waals surface area contributed by atoms with E-state index >= 15 is 0 Å². The third-order valence-corrected chi connectivity index (χ3v) is 9.36. The number of sulfonamides is 1. The van der Waals surface area contributed by atoms with Crippen molar-refractivity contribution in [2.75, 3.05) is 21.9 Å². The van der Waals surface area contributed by atoms with Crippen molar-refractivity contribution in [3.05, 3.63) is 54.1 Å². The summed E-state index contributed by atoms with van der Waals surface area (Å²) in [6, 6.07) is 13.7. The Kier molecular flexibility index (Phi) is 7.39. The summed E-state index contributed by atoms with van der Waals surface area (Å²) in [6.45, 7) is 8.08. The van der Waals surface area contributed by atoms with Gasteiger partial charge in [-0.25, -0.2) is 8.42 Å². The Morgan fingerprint density at radius 2 is 1.94 bits per heavy atom. The summed E-state index contributed by atoms with van der Waals surface area (Å²) in [5.74, 6) is 0.765. The molecule has 1 unspecified atom stereocenters. The lowest BCUT2D eigenvalue weighted by Gasteiger charge is -2.35. The van der Waals surface area contributed by atoms with E-state index in [1.165, 1.54) is 15.6 Å². The number of aromatic nitrogens is 2. The summed E-state index contributed by atoms with van der Waals surface area (Å²) in [7, 11) is -3.94. The first kappa shape index (κ1) is 25.5. The lowest BCUT2D eigenvalue weighted by Crippen LogP contribution is -2.49. The first-order chi connectivity index (χ1) is 16.6. The largest absolute Gasteiger partial charge is 0.476 e. The van der Waals surface area contributed by atoms with E-state index in [-0.39, 0.29) is 16.9 Å². The fourth-order valence-corrected chi connectivity index (χ4v) is 6.66. The van der Waals surface area contributed by atoms with Crippen LogP contribution in [0.3, 0.4) is 0 Å². The molecular formula is C24H28N4O4S3. The highest BCUT2D eigenvalue weighted by Gasteiger charge is 2.38. The number of nitrogens with one attached hydrogen (secondary N) is 1. The number of nitrogens with zero attached hydrogens (tertiary/aromatic N) is 3. The fraction of sp³-hybridized carbons (Fsp3) is 0.375. The zero-order chi connectivity index (χ0) is 25.2. The highest BCUT2D eigenvalue weighted by molar-refractivity contribution is 8.01. The molecule has 0 fully saturated rings. The van der Waals surface area contributed by atoms with Crippen molar-refractivity contribution in [3.8, 4) is 5.75 Å². The number of fused-ring (bicyclic) bond motifs is 1. The number of amides is 1. The molecule has 0 aliphatic carbocycles. The first-order valence-electron chi connectivity index (χ1n) is 11.3. The molecule has 0 bridgehead atoms. The van der Waals surface area contributed by atoms with Crippen molar-refractivity contribution in [3.63, 3.8) is 0 Å². The lowest BCUT2D eigenvalue weighted by atomic mass is 9.86. The van der Waals surface area contributed by atoms with Crippen LogP contribution in [0.25, 0.3) is 0 Å². The molecule has 1 atom stereocenters. The molecule has 8 nitrogen and oxygen atoms in total. The van der Waals surface area contributed by atoms with Crippen LogP contribution in [0.1, 0.15) is 39.7 Å². The second-order valence-electron chi connectivity index (χ2n) is 9.10. The fourth-order valence-electron chi connectivity index (χ4n) is 3.50. The molecule has 1 aliphatic heterocycles. The second kappa shape index (κ2) is 10.2. The number of thioether (sulfide) groups is 1. The van der Waals surface area contributed by atoms with Gasteiger partial charge in [-0.3, -0.25) is 14.4 Å². The third kappa shape index (κ3) is 5.62. The number of hydrogen-bond acceptors (Lipinski definition) is 8. The van der Waals surface area contributed by atoms with E-state index in [1.807, 2.05) is 12.1 Å². The van der Waals surface area contributed by atoms with Crippen LogP contribution in [0.2, 0.25) is 0 Å². The summed E-state index contributed by atoms with van der Waals surface area (Å²) in [5, 5.41) is 11.2. The number of carbonyl (C=O) groups excluding carboxylic acids is 1. The van der Waals surface area contributed by atoms with Gasteiger partial charge in [-0.05, 0) is 41.7 Å². The summed E-state index contributed by atoms with van der Waals surface area (Å²) in [6.07, 6.45) is -0.0543. The van der Waals surface area contributed by atoms with Gasteiger partial charge >= 0.3 is 0 Å². The molecule has 0 radical (unpaired) electrons.